The molecule has 0 bridgehead atoms. The topological polar surface area (TPSA) is 87.7 Å². The first-order chi connectivity index (χ1) is 7.47. The maximum atomic E-state index is 11.9. The Hall–Kier alpha value is -1.26. The Labute approximate surface area is 96.1 Å². The summed E-state index contributed by atoms with van der Waals surface area (Å²) in [6, 6.07) is 0. The van der Waals surface area contributed by atoms with E-state index in [0.717, 1.165) is 25.7 Å². The molecule has 92 valence electrons. The standard InChI is InChI=1S/C11H21N3O2/c1-11(2,10(12)14-16)13-9(15)8-6-4-3-5-7-8/h8,16H,3-7H2,1-2H3,(H2,12,14)(H,13,15). The van der Waals surface area contributed by atoms with Crippen molar-refractivity contribution in [2.24, 2.45) is 16.8 Å². The van der Waals surface area contributed by atoms with Gasteiger partial charge >= 0.3 is 0 Å². The lowest BCUT2D eigenvalue weighted by Crippen LogP contribution is -2.54. The third-order valence-electron chi connectivity index (χ3n) is 3.16. The van der Waals surface area contributed by atoms with Crippen LogP contribution in [-0.4, -0.2) is 22.5 Å². The fourth-order valence-corrected chi connectivity index (χ4v) is 1.96. The molecule has 1 rings (SSSR count). The quantitative estimate of drug-likeness (QED) is 0.293. The molecule has 0 spiro atoms. The molecule has 0 atom stereocenters. The van der Waals surface area contributed by atoms with E-state index >= 15 is 0 Å². The molecule has 1 saturated carbocycles. The van der Waals surface area contributed by atoms with Gasteiger partial charge in [0.1, 0.15) is 0 Å². The van der Waals surface area contributed by atoms with E-state index in [1.807, 2.05) is 0 Å². The molecule has 1 fully saturated rings. The zero-order chi connectivity index (χ0) is 12.2. The number of oxime groups is 1. The molecular weight excluding hydrogens is 206 g/mol. The fraction of sp³-hybridized carbons (Fsp3) is 0.818. The summed E-state index contributed by atoms with van der Waals surface area (Å²) in [5.74, 6) is 0.118. The van der Waals surface area contributed by atoms with Gasteiger partial charge in [0.05, 0.1) is 5.54 Å². The zero-order valence-electron chi connectivity index (χ0n) is 9.99. The first kappa shape index (κ1) is 12.8. The van der Waals surface area contributed by atoms with Gasteiger partial charge < -0.3 is 16.3 Å². The van der Waals surface area contributed by atoms with Crippen LogP contribution in [0.2, 0.25) is 0 Å². The molecule has 1 amide bonds. The molecule has 1 aliphatic rings. The number of hydrogen-bond donors (Lipinski definition) is 3. The normalized spacial score (nSPS) is 19.5. The van der Waals surface area contributed by atoms with E-state index in [-0.39, 0.29) is 17.7 Å². The number of rotatable bonds is 3. The van der Waals surface area contributed by atoms with Gasteiger partial charge in [0.15, 0.2) is 5.84 Å². The second-order valence-electron chi connectivity index (χ2n) is 4.93. The number of amides is 1. The van der Waals surface area contributed by atoms with Gasteiger partial charge in [0.2, 0.25) is 5.91 Å². The number of amidine groups is 1. The molecule has 16 heavy (non-hydrogen) atoms. The minimum absolute atomic E-state index is 0.0105. The van der Waals surface area contributed by atoms with Crippen molar-refractivity contribution in [3.8, 4) is 0 Å². The molecule has 0 aromatic rings. The van der Waals surface area contributed by atoms with Crippen LogP contribution in [0.15, 0.2) is 5.16 Å². The monoisotopic (exact) mass is 227 g/mol. The maximum absolute atomic E-state index is 11.9. The van der Waals surface area contributed by atoms with Crippen molar-refractivity contribution in [1.82, 2.24) is 5.32 Å². The van der Waals surface area contributed by atoms with Crippen LogP contribution in [-0.2, 0) is 4.79 Å². The van der Waals surface area contributed by atoms with Crippen molar-refractivity contribution in [3.05, 3.63) is 0 Å². The number of hydrogen-bond acceptors (Lipinski definition) is 3. The van der Waals surface area contributed by atoms with Crippen molar-refractivity contribution in [2.45, 2.75) is 51.5 Å². The molecule has 0 aromatic heterocycles. The fourth-order valence-electron chi connectivity index (χ4n) is 1.96. The van der Waals surface area contributed by atoms with Crippen LogP contribution >= 0.6 is 0 Å². The van der Waals surface area contributed by atoms with Gasteiger partial charge in [-0.05, 0) is 26.7 Å². The second kappa shape index (κ2) is 5.18. The summed E-state index contributed by atoms with van der Waals surface area (Å²) >= 11 is 0. The van der Waals surface area contributed by atoms with Crippen molar-refractivity contribution < 1.29 is 10.0 Å². The van der Waals surface area contributed by atoms with Crippen LogP contribution in [0.3, 0.4) is 0 Å². The molecular formula is C11H21N3O2. The lowest BCUT2D eigenvalue weighted by Gasteiger charge is -2.28. The highest BCUT2D eigenvalue weighted by Gasteiger charge is 2.29. The third-order valence-corrected chi connectivity index (χ3v) is 3.16. The van der Waals surface area contributed by atoms with Crippen LogP contribution in [0.25, 0.3) is 0 Å². The SMILES string of the molecule is CC(C)(NC(=O)C1CCCCC1)/C(N)=N/O. The first-order valence-corrected chi connectivity index (χ1v) is 5.77. The molecule has 0 unspecified atom stereocenters. The Morgan fingerprint density at radius 2 is 1.94 bits per heavy atom. The van der Waals surface area contributed by atoms with E-state index in [1.54, 1.807) is 13.8 Å². The molecule has 0 aromatic carbocycles. The summed E-state index contributed by atoms with van der Waals surface area (Å²) in [6.45, 7) is 3.45. The van der Waals surface area contributed by atoms with Gasteiger partial charge in [0, 0.05) is 5.92 Å². The van der Waals surface area contributed by atoms with Crippen molar-refractivity contribution in [3.63, 3.8) is 0 Å². The predicted octanol–water partition coefficient (Wildman–Crippen LogP) is 1.21. The molecule has 0 heterocycles. The average Bonchev–Trinajstić information content (AvgIpc) is 2.28. The van der Waals surface area contributed by atoms with E-state index in [4.69, 9.17) is 10.9 Å². The lowest BCUT2D eigenvalue weighted by molar-refractivity contribution is -0.126. The molecule has 0 aliphatic heterocycles. The third kappa shape index (κ3) is 3.12. The van der Waals surface area contributed by atoms with Crippen LogP contribution < -0.4 is 11.1 Å². The summed E-state index contributed by atoms with van der Waals surface area (Å²) in [6.07, 6.45) is 5.33. The highest BCUT2D eigenvalue weighted by molar-refractivity contribution is 5.93. The molecule has 0 radical (unpaired) electrons. The summed E-state index contributed by atoms with van der Waals surface area (Å²) in [5.41, 5.74) is 4.73. The highest BCUT2D eigenvalue weighted by atomic mass is 16.4. The molecule has 5 heteroatoms. The van der Waals surface area contributed by atoms with Crippen LogP contribution in [0.5, 0.6) is 0 Å². The summed E-state index contributed by atoms with van der Waals surface area (Å²) in [5, 5.41) is 14.4. The van der Waals surface area contributed by atoms with E-state index in [2.05, 4.69) is 10.5 Å². The van der Waals surface area contributed by atoms with Crippen LogP contribution in [0.1, 0.15) is 46.0 Å². The van der Waals surface area contributed by atoms with Crippen molar-refractivity contribution in [2.75, 3.05) is 0 Å². The highest BCUT2D eigenvalue weighted by Crippen LogP contribution is 2.24. The molecule has 4 N–H and O–H groups in total. The maximum Gasteiger partial charge on any atom is 0.223 e. The first-order valence-electron chi connectivity index (χ1n) is 5.77. The van der Waals surface area contributed by atoms with Crippen LogP contribution in [0.4, 0.5) is 0 Å². The number of nitrogens with two attached hydrogens (primary N) is 1. The second-order valence-corrected chi connectivity index (χ2v) is 4.93. The summed E-state index contributed by atoms with van der Waals surface area (Å²) in [4.78, 5) is 11.9. The Kier molecular flexibility index (Phi) is 4.15. The van der Waals surface area contributed by atoms with Gasteiger partial charge in [-0.2, -0.15) is 0 Å². The molecule has 1 aliphatic carbocycles. The average molecular weight is 227 g/mol. The molecule has 5 nitrogen and oxygen atoms in total. The number of nitrogens with zero attached hydrogens (tertiary/aromatic N) is 1. The van der Waals surface area contributed by atoms with E-state index < -0.39 is 5.54 Å². The van der Waals surface area contributed by atoms with Crippen molar-refractivity contribution >= 4 is 11.7 Å². The van der Waals surface area contributed by atoms with Gasteiger partial charge in [-0.1, -0.05) is 24.4 Å². The van der Waals surface area contributed by atoms with E-state index in [9.17, 15) is 4.79 Å². The van der Waals surface area contributed by atoms with Crippen LogP contribution in [0, 0.1) is 5.92 Å². The largest absolute Gasteiger partial charge is 0.409 e. The van der Waals surface area contributed by atoms with Gasteiger partial charge in [-0.15, -0.1) is 0 Å². The van der Waals surface area contributed by atoms with E-state index in [1.165, 1.54) is 6.42 Å². The Morgan fingerprint density at radius 3 is 2.44 bits per heavy atom. The summed E-state index contributed by atoms with van der Waals surface area (Å²) in [7, 11) is 0. The number of carbonyl (C=O) groups is 1. The minimum Gasteiger partial charge on any atom is -0.409 e. The Morgan fingerprint density at radius 1 is 1.38 bits per heavy atom. The zero-order valence-corrected chi connectivity index (χ0v) is 9.99. The van der Waals surface area contributed by atoms with Gasteiger partial charge in [-0.25, -0.2) is 0 Å². The van der Waals surface area contributed by atoms with Gasteiger partial charge in [-0.3, -0.25) is 4.79 Å². The van der Waals surface area contributed by atoms with Gasteiger partial charge in [0.25, 0.3) is 0 Å². The molecule has 0 saturated heterocycles. The number of carbonyl (C=O) groups excluding carboxylic acids is 1. The van der Waals surface area contributed by atoms with Crippen molar-refractivity contribution in [1.29, 1.82) is 0 Å². The minimum atomic E-state index is -0.788. The smallest absolute Gasteiger partial charge is 0.223 e. The number of nitrogens with one attached hydrogen (secondary N) is 1. The van der Waals surface area contributed by atoms with E-state index in [0.29, 0.717) is 0 Å². The predicted molar refractivity (Wildman–Crippen MR) is 62.2 cm³/mol. The Balaban J connectivity index is 2.55. The lowest BCUT2D eigenvalue weighted by atomic mass is 9.88. The summed E-state index contributed by atoms with van der Waals surface area (Å²) < 4.78 is 0. The Bertz CT molecular complexity index is 281.